The van der Waals surface area contributed by atoms with E-state index in [2.05, 4.69) is 15.9 Å². The maximum absolute atomic E-state index is 9.81. The fraction of sp³-hybridized carbons (Fsp3) is 0.500. The molecule has 3 N–H and O–H groups in total. The summed E-state index contributed by atoms with van der Waals surface area (Å²) in [5.74, 6) is 0. The first-order valence-corrected chi connectivity index (χ1v) is 6.28. The fourth-order valence-electron chi connectivity index (χ4n) is 2.03. The highest BCUT2D eigenvalue weighted by atomic mass is 79.9. The first kappa shape index (κ1) is 13.0. The molecule has 0 radical (unpaired) electrons. The molecule has 0 saturated carbocycles. The third-order valence-electron chi connectivity index (χ3n) is 3.02. The molecule has 0 bridgehead atoms. The normalized spacial score (nSPS) is 32.9. The minimum atomic E-state index is -1.02. The predicted octanol–water partition coefficient (Wildman–Crippen LogP) is 0.473. The van der Waals surface area contributed by atoms with Crippen LogP contribution in [0.2, 0.25) is 0 Å². The highest BCUT2D eigenvalue weighted by Crippen LogP contribution is 2.26. The van der Waals surface area contributed by atoms with Crippen LogP contribution in [0, 0.1) is 0 Å². The third kappa shape index (κ3) is 2.69. The largest absolute Gasteiger partial charge is 0.394 e. The molecule has 17 heavy (non-hydrogen) atoms. The number of hydrogen-bond donors (Lipinski definition) is 3. The van der Waals surface area contributed by atoms with Crippen LogP contribution < -0.4 is 0 Å². The van der Waals surface area contributed by atoms with Crippen molar-refractivity contribution in [2.75, 3.05) is 6.61 Å². The summed E-state index contributed by atoms with van der Waals surface area (Å²) >= 11 is 3.42. The Morgan fingerprint density at radius 3 is 2.35 bits per heavy atom. The van der Waals surface area contributed by atoms with E-state index in [4.69, 9.17) is 9.84 Å². The molecule has 1 fully saturated rings. The maximum atomic E-state index is 9.81. The molecule has 1 aromatic carbocycles. The smallest absolute Gasteiger partial charge is 0.111 e. The van der Waals surface area contributed by atoms with Gasteiger partial charge in [0, 0.05) is 10.9 Å². The Hall–Kier alpha value is -0.460. The Morgan fingerprint density at radius 1 is 1.12 bits per heavy atom. The highest BCUT2D eigenvalue weighted by Gasteiger charge is 2.42. The molecule has 1 aliphatic rings. The van der Waals surface area contributed by atoms with Crippen molar-refractivity contribution in [3.8, 4) is 0 Å². The number of ether oxygens (including phenoxy) is 1. The zero-order valence-electron chi connectivity index (χ0n) is 9.16. The van der Waals surface area contributed by atoms with Crippen molar-refractivity contribution in [3.05, 3.63) is 34.3 Å². The quantitative estimate of drug-likeness (QED) is 0.759. The average Bonchev–Trinajstić information content (AvgIpc) is 2.60. The first-order valence-electron chi connectivity index (χ1n) is 5.49. The summed E-state index contributed by atoms with van der Waals surface area (Å²) in [6, 6.07) is 7.65. The van der Waals surface area contributed by atoms with E-state index < -0.39 is 24.4 Å². The van der Waals surface area contributed by atoms with Crippen LogP contribution in [0.1, 0.15) is 5.56 Å². The van der Waals surface area contributed by atoms with Gasteiger partial charge in [0.2, 0.25) is 0 Å². The molecule has 4 atom stereocenters. The van der Waals surface area contributed by atoms with Gasteiger partial charge >= 0.3 is 0 Å². The zero-order chi connectivity index (χ0) is 12.4. The Morgan fingerprint density at radius 2 is 1.76 bits per heavy atom. The summed E-state index contributed by atoms with van der Waals surface area (Å²) in [5, 5.41) is 28.4. The molecule has 1 heterocycles. The second kappa shape index (κ2) is 5.46. The molecule has 4 nitrogen and oxygen atoms in total. The van der Waals surface area contributed by atoms with Crippen molar-refractivity contribution in [2.24, 2.45) is 0 Å². The Labute approximate surface area is 108 Å². The van der Waals surface area contributed by atoms with Crippen molar-refractivity contribution < 1.29 is 20.1 Å². The zero-order valence-corrected chi connectivity index (χ0v) is 10.7. The molecular weight excluding hydrogens is 288 g/mol. The lowest BCUT2D eigenvalue weighted by Gasteiger charge is -2.15. The molecular formula is C12H15BrO4. The lowest BCUT2D eigenvalue weighted by Crippen LogP contribution is -2.34. The molecule has 94 valence electrons. The molecule has 1 aliphatic heterocycles. The Bertz CT molecular complexity index is 385. The lowest BCUT2D eigenvalue weighted by molar-refractivity contribution is -0.0216. The van der Waals surface area contributed by atoms with Crippen LogP contribution in [0.25, 0.3) is 0 Å². The number of rotatable bonds is 3. The van der Waals surface area contributed by atoms with E-state index in [0.29, 0.717) is 6.42 Å². The van der Waals surface area contributed by atoms with Crippen molar-refractivity contribution >= 4 is 15.9 Å². The van der Waals surface area contributed by atoms with Crippen LogP contribution in [-0.2, 0) is 11.2 Å². The maximum Gasteiger partial charge on any atom is 0.111 e. The van der Waals surface area contributed by atoms with Crippen molar-refractivity contribution in [3.63, 3.8) is 0 Å². The van der Waals surface area contributed by atoms with Crippen LogP contribution in [0.3, 0.4) is 0 Å². The summed E-state index contributed by atoms with van der Waals surface area (Å²) in [6.07, 6.45) is -2.67. The molecule has 1 aromatic rings. The van der Waals surface area contributed by atoms with Crippen LogP contribution in [0.15, 0.2) is 28.7 Å². The van der Waals surface area contributed by atoms with Gasteiger partial charge in [-0.05, 0) is 11.6 Å². The van der Waals surface area contributed by atoms with Crippen LogP contribution in [0.5, 0.6) is 0 Å². The van der Waals surface area contributed by atoms with Crippen LogP contribution in [0.4, 0.5) is 0 Å². The van der Waals surface area contributed by atoms with E-state index in [1.165, 1.54) is 0 Å². The molecule has 1 saturated heterocycles. The third-order valence-corrected chi connectivity index (χ3v) is 3.79. The molecule has 0 spiro atoms. The van der Waals surface area contributed by atoms with Gasteiger partial charge in [-0.1, -0.05) is 34.1 Å². The summed E-state index contributed by atoms with van der Waals surface area (Å²) in [4.78, 5) is 0. The SMILES string of the molecule is OC[C@H]1O[C@@H](Cc2ccccc2Br)[C@H](O)[C@@H]1O. The van der Waals surface area contributed by atoms with Crippen molar-refractivity contribution in [1.82, 2.24) is 0 Å². The minimum Gasteiger partial charge on any atom is -0.394 e. The van der Waals surface area contributed by atoms with E-state index >= 15 is 0 Å². The van der Waals surface area contributed by atoms with Crippen molar-refractivity contribution in [2.45, 2.75) is 30.8 Å². The van der Waals surface area contributed by atoms with E-state index in [-0.39, 0.29) is 6.61 Å². The van der Waals surface area contributed by atoms with Crippen LogP contribution in [-0.4, -0.2) is 46.3 Å². The molecule has 0 aliphatic carbocycles. The average molecular weight is 303 g/mol. The van der Waals surface area contributed by atoms with Gasteiger partial charge in [-0.15, -0.1) is 0 Å². The standard InChI is InChI=1S/C12H15BrO4/c13-8-4-2-1-3-7(8)5-9-11(15)12(16)10(6-14)17-9/h1-4,9-12,14-16H,5-6H2/t9-,10+,11-,12+/m0/s1. The number of aliphatic hydroxyl groups is 3. The highest BCUT2D eigenvalue weighted by molar-refractivity contribution is 9.10. The Kier molecular flexibility index (Phi) is 4.17. The summed E-state index contributed by atoms with van der Waals surface area (Å²) in [6.45, 7) is -0.287. The molecule has 0 amide bonds. The predicted molar refractivity (Wildman–Crippen MR) is 65.6 cm³/mol. The summed E-state index contributed by atoms with van der Waals surface area (Å²) in [5.41, 5.74) is 1.00. The molecule has 0 unspecified atom stereocenters. The van der Waals surface area contributed by atoms with Crippen molar-refractivity contribution in [1.29, 1.82) is 0 Å². The van der Waals surface area contributed by atoms with E-state index in [9.17, 15) is 10.2 Å². The van der Waals surface area contributed by atoms with Gasteiger partial charge in [-0.2, -0.15) is 0 Å². The van der Waals surface area contributed by atoms with E-state index in [0.717, 1.165) is 10.0 Å². The Balaban J connectivity index is 2.08. The topological polar surface area (TPSA) is 69.9 Å². The number of hydrogen-bond acceptors (Lipinski definition) is 4. The molecule has 2 rings (SSSR count). The van der Waals surface area contributed by atoms with Gasteiger partial charge < -0.3 is 20.1 Å². The fourth-order valence-corrected chi connectivity index (χ4v) is 2.47. The van der Waals surface area contributed by atoms with Gasteiger partial charge in [-0.3, -0.25) is 0 Å². The van der Waals surface area contributed by atoms with E-state index in [1.807, 2.05) is 24.3 Å². The summed E-state index contributed by atoms with van der Waals surface area (Å²) in [7, 11) is 0. The monoisotopic (exact) mass is 302 g/mol. The molecule has 5 heteroatoms. The lowest BCUT2D eigenvalue weighted by atomic mass is 10.0. The van der Waals surface area contributed by atoms with Crippen LogP contribution >= 0.6 is 15.9 Å². The van der Waals surface area contributed by atoms with Gasteiger partial charge in [0.25, 0.3) is 0 Å². The van der Waals surface area contributed by atoms with Gasteiger partial charge in [0.1, 0.15) is 18.3 Å². The second-order valence-electron chi connectivity index (χ2n) is 4.17. The number of halogens is 1. The molecule has 0 aromatic heterocycles. The minimum absolute atomic E-state index is 0.287. The van der Waals surface area contributed by atoms with Gasteiger partial charge in [-0.25, -0.2) is 0 Å². The first-order chi connectivity index (χ1) is 8.13. The van der Waals surface area contributed by atoms with E-state index in [1.54, 1.807) is 0 Å². The number of aliphatic hydroxyl groups excluding tert-OH is 3. The second-order valence-corrected chi connectivity index (χ2v) is 5.03. The van der Waals surface area contributed by atoms with Gasteiger partial charge in [0.05, 0.1) is 12.7 Å². The van der Waals surface area contributed by atoms with Gasteiger partial charge in [0.15, 0.2) is 0 Å². The summed E-state index contributed by atoms with van der Waals surface area (Å²) < 4.78 is 6.37. The number of benzene rings is 1.